The van der Waals surface area contributed by atoms with Crippen molar-refractivity contribution in [3.05, 3.63) is 5.82 Å². The average molecular weight is 253 g/mol. The predicted molar refractivity (Wildman–Crippen MR) is 67.6 cm³/mol. The number of ether oxygens (including phenoxy) is 1. The van der Waals surface area contributed by atoms with Crippen molar-refractivity contribution in [2.75, 3.05) is 44.8 Å². The molecule has 0 aromatic carbocycles. The number of rotatable bonds is 4. The Labute approximate surface area is 106 Å². The van der Waals surface area contributed by atoms with Gasteiger partial charge in [0.25, 0.3) is 0 Å². The minimum Gasteiger partial charge on any atom is -0.374 e. The molecule has 1 aromatic rings. The molecule has 1 aliphatic rings. The summed E-state index contributed by atoms with van der Waals surface area (Å²) in [7, 11) is 1.98. The third-order valence-electron chi connectivity index (χ3n) is 2.65. The highest BCUT2D eigenvalue weighted by Gasteiger charge is 2.16. The highest BCUT2D eigenvalue weighted by molar-refractivity contribution is 5.25. The second kappa shape index (κ2) is 5.89. The Hall–Kier alpha value is -1.51. The van der Waals surface area contributed by atoms with E-state index in [1.807, 2.05) is 7.05 Å². The van der Waals surface area contributed by atoms with Crippen LogP contribution in [0.4, 0.5) is 11.9 Å². The van der Waals surface area contributed by atoms with Gasteiger partial charge >= 0.3 is 0 Å². The van der Waals surface area contributed by atoms with Gasteiger partial charge < -0.3 is 21.5 Å². The van der Waals surface area contributed by atoms with Crippen LogP contribution in [0.5, 0.6) is 0 Å². The summed E-state index contributed by atoms with van der Waals surface area (Å²) in [5.74, 6) is 0.884. The molecule has 8 heteroatoms. The minimum atomic E-state index is 0.154. The number of aromatic nitrogens is 3. The third-order valence-corrected chi connectivity index (χ3v) is 2.65. The van der Waals surface area contributed by atoms with Crippen LogP contribution in [0.25, 0.3) is 0 Å². The lowest BCUT2D eigenvalue weighted by molar-refractivity contribution is 0.00850. The molecule has 18 heavy (non-hydrogen) atoms. The Kier molecular flexibility index (Phi) is 4.24. The molecule has 0 bridgehead atoms. The first-order valence-corrected chi connectivity index (χ1v) is 5.90. The maximum Gasteiger partial charge on any atom is 0.225 e. The fraction of sp³-hybridized carbons (Fsp3) is 0.700. The van der Waals surface area contributed by atoms with Gasteiger partial charge in [0, 0.05) is 19.6 Å². The van der Waals surface area contributed by atoms with Crippen LogP contribution in [0.3, 0.4) is 0 Å². The second-order valence-electron chi connectivity index (χ2n) is 4.36. The number of anilines is 2. The van der Waals surface area contributed by atoms with Gasteiger partial charge in [-0.2, -0.15) is 15.0 Å². The number of hydrogen-bond donors (Lipinski definition) is 3. The molecule has 0 aliphatic carbocycles. The molecule has 100 valence electrons. The van der Waals surface area contributed by atoms with Crippen LogP contribution in [-0.4, -0.2) is 59.2 Å². The van der Waals surface area contributed by atoms with E-state index in [0.29, 0.717) is 12.4 Å². The van der Waals surface area contributed by atoms with Gasteiger partial charge in [-0.05, 0) is 7.05 Å². The van der Waals surface area contributed by atoms with E-state index in [0.717, 1.165) is 26.2 Å². The van der Waals surface area contributed by atoms with E-state index in [4.69, 9.17) is 16.2 Å². The maximum atomic E-state index is 5.63. The molecule has 2 heterocycles. The molecule has 0 spiro atoms. The fourth-order valence-corrected chi connectivity index (χ4v) is 1.92. The largest absolute Gasteiger partial charge is 0.374 e. The molecule has 1 aromatic heterocycles. The quantitative estimate of drug-likeness (QED) is 0.591. The normalized spacial score (nSPS) is 20.2. The number of nitrogen functional groups attached to an aromatic ring is 2. The summed E-state index contributed by atoms with van der Waals surface area (Å²) in [5.41, 5.74) is 11.0. The van der Waals surface area contributed by atoms with Gasteiger partial charge in [-0.15, -0.1) is 0 Å². The summed E-state index contributed by atoms with van der Waals surface area (Å²) in [6.07, 6.45) is 0.195. The molecule has 1 unspecified atom stereocenters. The van der Waals surface area contributed by atoms with Crippen LogP contribution >= 0.6 is 0 Å². The van der Waals surface area contributed by atoms with Gasteiger partial charge in [-0.1, -0.05) is 0 Å². The Balaban J connectivity index is 1.87. The number of nitrogens with two attached hydrogens (primary N) is 2. The van der Waals surface area contributed by atoms with Crippen molar-refractivity contribution in [2.24, 2.45) is 0 Å². The highest BCUT2D eigenvalue weighted by atomic mass is 16.5. The molecule has 1 saturated heterocycles. The van der Waals surface area contributed by atoms with Gasteiger partial charge in [0.2, 0.25) is 11.9 Å². The molecule has 1 fully saturated rings. The van der Waals surface area contributed by atoms with Gasteiger partial charge in [0.05, 0.1) is 19.3 Å². The van der Waals surface area contributed by atoms with Crippen LogP contribution in [0.2, 0.25) is 0 Å². The smallest absolute Gasteiger partial charge is 0.225 e. The van der Waals surface area contributed by atoms with Crippen molar-refractivity contribution in [1.82, 2.24) is 25.2 Å². The first-order valence-electron chi connectivity index (χ1n) is 5.90. The Morgan fingerprint density at radius 2 is 2.06 bits per heavy atom. The average Bonchev–Trinajstić information content (AvgIpc) is 2.28. The van der Waals surface area contributed by atoms with E-state index in [1.54, 1.807) is 0 Å². The molecule has 0 amide bonds. The minimum absolute atomic E-state index is 0.154. The van der Waals surface area contributed by atoms with Gasteiger partial charge in [-0.3, -0.25) is 4.90 Å². The number of likely N-dealkylation sites (N-methyl/N-ethyl adjacent to an activating group) is 1. The summed E-state index contributed by atoms with van der Waals surface area (Å²) in [4.78, 5) is 13.9. The number of hydrogen-bond acceptors (Lipinski definition) is 8. The molecule has 1 atom stereocenters. The van der Waals surface area contributed by atoms with Crippen LogP contribution < -0.4 is 16.8 Å². The fourth-order valence-electron chi connectivity index (χ4n) is 1.92. The summed E-state index contributed by atoms with van der Waals surface area (Å²) >= 11 is 0. The molecule has 1 aliphatic heterocycles. The van der Waals surface area contributed by atoms with E-state index >= 15 is 0 Å². The van der Waals surface area contributed by atoms with Crippen molar-refractivity contribution in [1.29, 1.82) is 0 Å². The molecule has 0 radical (unpaired) electrons. The van der Waals surface area contributed by atoms with Crippen molar-refractivity contribution in [3.63, 3.8) is 0 Å². The topological polar surface area (TPSA) is 115 Å². The van der Waals surface area contributed by atoms with Crippen molar-refractivity contribution < 1.29 is 4.74 Å². The summed E-state index contributed by atoms with van der Waals surface area (Å²) in [6, 6.07) is 0. The van der Waals surface area contributed by atoms with E-state index in [9.17, 15) is 0 Å². The molecule has 8 nitrogen and oxygen atoms in total. The van der Waals surface area contributed by atoms with Gasteiger partial charge in [0.1, 0.15) is 5.82 Å². The van der Waals surface area contributed by atoms with E-state index < -0.39 is 0 Å². The standard InChI is InChI=1S/C10H19N7O/c1-17(5-7-4-13-2-3-18-7)6-8-14-9(11)16-10(12)15-8/h7,13H,2-6H2,1H3,(H4,11,12,14,15,16). The summed E-state index contributed by atoms with van der Waals surface area (Å²) in [5, 5.41) is 3.29. The Morgan fingerprint density at radius 3 is 2.67 bits per heavy atom. The van der Waals surface area contributed by atoms with Crippen LogP contribution in [0.1, 0.15) is 5.82 Å². The summed E-state index contributed by atoms with van der Waals surface area (Å²) in [6.45, 7) is 3.91. The zero-order valence-corrected chi connectivity index (χ0v) is 10.5. The van der Waals surface area contributed by atoms with Crippen molar-refractivity contribution in [3.8, 4) is 0 Å². The first-order chi connectivity index (χ1) is 8.63. The van der Waals surface area contributed by atoms with Crippen LogP contribution in [0, 0.1) is 0 Å². The SMILES string of the molecule is CN(Cc1nc(N)nc(N)n1)CC1CNCCO1. The Morgan fingerprint density at radius 1 is 1.33 bits per heavy atom. The zero-order chi connectivity index (χ0) is 13.0. The molecule has 5 N–H and O–H groups in total. The van der Waals surface area contributed by atoms with E-state index in [-0.39, 0.29) is 18.0 Å². The van der Waals surface area contributed by atoms with Crippen molar-refractivity contribution >= 4 is 11.9 Å². The molecular weight excluding hydrogens is 234 g/mol. The third kappa shape index (κ3) is 3.76. The maximum absolute atomic E-state index is 5.63. The number of morpholine rings is 1. The van der Waals surface area contributed by atoms with E-state index in [2.05, 4.69) is 25.2 Å². The lowest BCUT2D eigenvalue weighted by Crippen LogP contribution is -2.44. The molecular formula is C10H19N7O. The first kappa shape index (κ1) is 12.9. The Bertz CT molecular complexity index is 374. The highest BCUT2D eigenvalue weighted by Crippen LogP contribution is 2.04. The predicted octanol–water partition coefficient (Wildman–Crippen LogP) is -1.54. The molecule has 0 saturated carbocycles. The number of nitrogens with zero attached hydrogens (tertiary/aromatic N) is 4. The summed E-state index contributed by atoms with van der Waals surface area (Å²) < 4.78 is 5.63. The second-order valence-corrected chi connectivity index (χ2v) is 4.36. The monoisotopic (exact) mass is 253 g/mol. The van der Waals surface area contributed by atoms with Crippen LogP contribution in [0.15, 0.2) is 0 Å². The lowest BCUT2D eigenvalue weighted by atomic mass is 10.3. The van der Waals surface area contributed by atoms with E-state index in [1.165, 1.54) is 0 Å². The van der Waals surface area contributed by atoms with Crippen LogP contribution in [-0.2, 0) is 11.3 Å². The van der Waals surface area contributed by atoms with Crippen molar-refractivity contribution in [2.45, 2.75) is 12.6 Å². The zero-order valence-electron chi connectivity index (χ0n) is 10.5. The molecule has 2 rings (SSSR count). The number of nitrogens with one attached hydrogen (secondary N) is 1. The van der Waals surface area contributed by atoms with Gasteiger partial charge in [0.15, 0.2) is 0 Å². The van der Waals surface area contributed by atoms with Gasteiger partial charge in [-0.25, -0.2) is 0 Å². The lowest BCUT2D eigenvalue weighted by Gasteiger charge is -2.27.